The number of amides is 3. The smallest absolute Gasteiger partial charge is 0.290 e. The first kappa shape index (κ1) is 20.2. The van der Waals surface area contributed by atoms with Gasteiger partial charge < -0.3 is 20.0 Å². The van der Waals surface area contributed by atoms with Crippen LogP contribution in [0.25, 0.3) is 0 Å². The van der Waals surface area contributed by atoms with Crippen molar-refractivity contribution < 1.29 is 18.8 Å². The van der Waals surface area contributed by atoms with Gasteiger partial charge in [0.05, 0.1) is 18.1 Å². The van der Waals surface area contributed by atoms with Gasteiger partial charge in [-0.05, 0) is 44.2 Å². The monoisotopic (exact) mass is 413 g/mol. The Labute approximate surface area is 174 Å². The van der Waals surface area contributed by atoms with Crippen molar-refractivity contribution >= 4 is 23.4 Å². The minimum absolute atomic E-state index is 0.0784. The number of nitrogens with one attached hydrogen (secondary N) is 2. The van der Waals surface area contributed by atoms with E-state index in [1.165, 1.54) is 17.1 Å². The first-order chi connectivity index (χ1) is 14.6. The highest BCUT2D eigenvalue weighted by Gasteiger charge is 2.33. The van der Waals surface area contributed by atoms with Crippen molar-refractivity contribution in [3.63, 3.8) is 0 Å². The van der Waals surface area contributed by atoms with Crippen molar-refractivity contribution in [3.8, 4) is 0 Å². The molecule has 0 spiro atoms. The van der Waals surface area contributed by atoms with Gasteiger partial charge in [-0.25, -0.2) is 0 Å². The van der Waals surface area contributed by atoms with E-state index in [1.54, 1.807) is 23.2 Å². The molecule has 2 aromatic heterocycles. The van der Waals surface area contributed by atoms with E-state index >= 15 is 0 Å². The lowest BCUT2D eigenvalue weighted by molar-refractivity contribution is -0.122. The fraction of sp³-hybridized carbons (Fsp3) is 0.524. The SMILES string of the molecule is O=C(Cn1cc(NC(=O)C2CCCCN2C(=O)c2ccco2)cn1)NC1CCCC1. The molecule has 1 aliphatic carbocycles. The van der Waals surface area contributed by atoms with Crippen LogP contribution in [-0.2, 0) is 16.1 Å². The molecule has 3 amide bonds. The number of hydrogen-bond donors (Lipinski definition) is 2. The summed E-state index contributed by atoms with van der Waals surface area (Å²) in [5.41, 5.74) is 0.504. The van der Waals surface area contributed by atoms with Crippen LogP contribution in [0.15, 0.2) is 35.2 Å². The Morgan fingerprint density at radius 3 is 2.70 bits per heavy atom. The molecule has 9 nitrogen and oxygen atoms in total. The number of piperidine rings is 1. The predicted octanol–water partition coefficient (Wildman–Crippen LogP) is 2.17. The van der Waals surface area contributed by atoms with Gasteiger partial charge in [0.1, 0.15) is 12.6 Å². The van der Waals surface area contributed by atoms with Gasteiger partial charge in [-0.2, -0.15) is 5.10 Å². The van der Waals surface area contributed by atoms with Crippen molar-refractivity contribution in [2.75, 3.05) is 11.9 Å². The molecular formula is C21H27N5O4. The number of likely N-dealkylation sites (tertiary alicyclic amines) is 1. The molecule has 1 saturated carbocycles. The molecule has 2 N–H and O–H groups in total. The van der Waals surface area contributed by atoms with E-state index in [0.29, 0.717) is 18.7 Å². The summed E-state index contributed by atoms with van der Waals surface area (Å²) in [6.45, 7) is 0.622. The maximum Gasteiger partial charge on any atom is 0.290 e. The van der Waals surface area contributed by atoms with E-state index < -0.39 is 6.04 Å². The second kappa shape index (κ2) is 9.15. The predicted molar refractivity (Wildman–Crippen MR) is 109 cm³/mol. The maximum atomic E-state index is 12.9. The van der Waals surface area contributed by atoms with Crippen LogP contribution in [0.5, 0.6) is 0 Å². The molecule has 0 bridgehead atoms. The van der Waals surface area contributed by atoms with Crippen LogP contribution in [0.2, 0.25) is 0 Å². The number of carbonyl (C=O) groups is 3. The molecule has 1 atom stereocenters. The van der Waals surface area contributed by atoms with Gasteiger partial charge in [-0.1, -0.05) is 12.8 Å². The third kappa shape index (κ3) is 4.72. The van der Waals surface area contributed by atoms with Gasteiger partial charge in [-0.15, -0.1) is 0 Å². The summed E-state index contributed by atoms with van der Waals surface area (Å²) in [5.74, 6) is -0.384. The largest absolute Gasteiger partial charge is 0.459 e. The van der Waals surface area contributed by atoms with E-state index in [-0.39, 0.29) is 36.1 Å². The van der Waals surface area contributed by atoms with E-state index in [0.717, 1.165) is 38.5 Å². The third-order valence-electron chi connectivity index (χ3n) is 5.72. The van der Waals surface area contributed by atoms with E-state index in [9.17, 15) is 14.4 Å². The number of furan rings is 1. The number of anilines is 1. The van der Waals surface area contributed by atoms with Gasteiger partial charge in [0.15, 0.2) is 5.76 Å². The molecule has 3 heterocycles. The lowest BCUT2D eigenvalue weighted by Crippen LogP contribution is -2.49. The Hall–Kier alpha value is -3.10. The third-order valence-corrected chi connectivity index (χ3v) is 5.72. The molecule has 1 saturated heterocycles. The van der Waals surface area contributed by atoms with Crippen molar-refractivity contribution in [1.29, 1.82) is 0 Å². The van der Waals surface area contributed by atoms with Crippen molar-refractivity contribution in [1.82, 2.24) is 20.0 Å². The van der Waals surface area contributed by atoms with Crippen LogP contribution >= 0.6 is 0 Å². The quantitative estimate of drug-likeness (QED) is 0.754. The van der Waals surface area contributed by atoms with Crippen LogP contribution in [0.3, 0.4) is 0 Å². The van der Waals surface area contributed by atoms with E-state index in [1.807, 2.05) is 0 Å². The first-order valence-electron chi connectivity index (χ1n) is 10.6. The zero-order valence-electron chi connectivity index (χ0n) is 16.9. The lowest BCUT2D eigenvalue weighted by Gasteiger charge is -2.34. The highest BCUT2D eigenvalue weighted by molar-refractivity contribution is 6.00. The number of carbonyl (C=O) groups excluding carboxylic acids is 3. The summed E-state index contributed by atoms with van der Waals surface area (Å²) in [6.07, 6.45) is 11.3. The average molecular weight is 413 g/mol. The van der Waals surface area contributed by atoms with Crippen LogP contribution < -0.4 is 10.6 Å². The molecule has 2 aromatic rings. The van der Waals surface area contributed by atoms with Crippen LogP contribution in [0.4, 0.5) is 5.69 Å². The number of nitrogens with zero attached hydrogens (tertiary/aromatic N) is 3. The van der Waals surface area contributed by atoms with Gasteiger partial charge in [0.2, 0.25) is 11.8 Å². The minimum atomic E-state index is -0.564. The first-order valence-corrected chi connectivity index (χ1v) is 10.6. The standard InChI is InChI=1S/C21H27N5O4/c27-19(23-15-6-1-2-7-15)14-25-13-16(12-22-25)24-20(28)17-8-3-4-10-26(17)21(29)18-9-5-11-30-18/h5,9,11-13,15,17H,1-4,6-8,10,14H2,(H,23,27)(H,24,28). The summed E-state index contributed by atoms with van der Waals surface area (Å²) in [5, 5.41) is 10.0. The van der Waals surface area contributed by atoms with Gasteiger partial charge in [0, 0.05) is 18.8 Å². The van der Waals surface area contributed by atoms with Crippen molar-refractivity contribution in [3.05, 3.63) is 36.5 Å². The molecule has 1 aliphatic heterocycles. The molecule has 2 fully saturated rings. The minimum Gasteiger partial charge on any atom is -0.459 e. The molecular weight excluding hydrogens is 386 g/mol. The molecule has 0 radical (unpaired) electrons. The van der Waals surface area contributed by atoms with Crippen molar-refractivity contribution in [2.45, 2.75) is 63.6 Å². The Balaban J connectivity index is 1.34. The van der Waals surface area contributed by atoms with E-state index in [4.69, 9.17) is 4.42 Å². The van der Waals surface area contributed by atoms with E-state index in [2.05, 4.69) is 15.7 Å². The van der Waals surface area contributed by atoms with Gasteiger partial charge >= 0.3 is 0 Å². The fourth-order valence-electron chi connectivity index (χ4n) is 4.22. The molecule has 0 aromatic carbocycles. The zero-order valence-corrected chi connectivity index (χ0v) is 16.9. The fourth-order valence-corrected chi connectivity index (χ4v) is 4.22. The second-order valence-electron chi connectivity index (χ2n) is 7.95. The molecule has 1 unspecified atom stereocenters. The van der Waals surface area contributed by atoms with Crippen molar-refractivity contribution in [2.24, 2.45) is 0 Å². The molecule has 30 heavy (non-hydrogen) atoms. The molecule has 2 aliphatic rings. The molecule has 9 heteroatoms. The number of rotatable bonds is 6. The highest BCUT2D eigenvalue weighted by Crippen LogP contribution is 2.22. The Bertz CT molecular complexity index is 885. The Morgan fingerprint density at radius 2 is 1.93 bits per heavy atom. The summed E-state index contributed by atoms with van der Waals surface area (Å²) >= 11 is 0. The summed E-state index contributed by atoms with van der Waals surface area (Å²) < 4.78 is 6.71. The van der Waals surface area contributed by atoms with Crippen LogP contribution in [-0.4, -0.2) is 51.0 Å². The maximum absolute atomic E-state index is 12.9. The summed E-state index contributed by atoms with van der Waals surface area (Å²) in [6, 6.07) is 2.96. The van der Waals surface area contributed by atoms with Gasteiger partial charge in [-0.3, -0.25) is 19.1 Å². The zero-order chi connectivity index (χ0) is 20.9. The summed E-state index contributed by atoms with van der Waals surface area (Å²) in [4.78, 5) is 39.3. The van der Waals surface area contributed by atoms with Crippen LogP contribution in [0, 0.1) is 0 Å². The average Bonchev–Trinajstić information content (AvgIpc) is 3.51. The highest BCUT2D eigenvalue weighted by atomic mass is 16.3. The topological polar surface area (TPSA) is 109 Å². The normalized spacial score (nSPS) is 19.6. The molecule has 160 valence electrons. The number of hydrogen-bond acceptors (Lipinski definition) is 5. The van der Waals surface area contributed by atoms with Gasteiger partial charge in [0.25, 0.3) is 5.91 Å². The molecule has 4 rings (SSSR count). The van der Waals surface area contributed by atoms with Crippen LogP contribution in [0.1, 0.15) is 55.5 Å². The number of aromatic nitrogens is 2. The second-order valence-corrected chi connectivity index (χ2v) is 7.95. The Morgan fingerprint density at radius 1 is 1.13 bits per heavy atom. The lowest BCUT2D eigenvalue weighted by atomic mass is 10.0. The Kier molecular flexibility index (Phi) is 6.15. The summed E-state index contributed by atoms with van der Waals surface area (Å²) in [7, 11) is 0.